The van der Waals surface area contributed by atoms with Gasteiger partial charge in [-0.1, -0.05) is 63.8 Å². The van der Waals surface area contributed by atoms with Gasteiger partial charge in [0.15, 0.2) is 0 Å². The van der Waals surface area contributed by atoms with E-state index in [2.05, 4.69) is 72.6 Å². The highest BCUT2D eigenvalue weighted by molar-refractivity contribution is 5.88. The summed E-state index contributed by atoms with van der Waals surface area (Å²) >= 11 is 0. The lowest BCUT2D eigenvalue weighted by molar-refractivity contribution is 0.212. The average Bonchev–Trinajstić information content (AvgIpc) is 3.00. The van der Waals surface area contributed by atoms with Crippen LogP contribution >= 0.6 is 0 Å². The van der Waals surface area contributed by atoms with E-state index in [-0.39, 0.29) is 11.5 Å². The Kier molecular flexibility index (Phi) is 6.57. The van der Waals surface area contributed by atoms with E-state index in [1.165, 1.54) is 115 Å². The van der Waals surface area contributed by atoms with E-state index in [0.717, 1.165) is 25.8 Å². The van der Waals surface area contributed by atoms with E-state index in [1.54, 1.807) is 5.56 Å². The van der Waals surface area contributed by atoms with Gasteiger partial charge in [-0.2, -0.15) is 0 Å². The molecule has 2 atom stereocenters. The molecule has 4 aliphatic heterocycles. The third kappa shape index (κ3) is 4.52. The van der Waals surface area contributed by atoms with E-state index in [0.29, 0.717) is 0 Å². The van der Waals surface area contributed by atoms with Crippen LogP contribution in [0, 0.1) is 0 Å². The minimum atomic E-state index is 0.0642. The Morgan fingerprint density at radius 3 is 2.67 bits per heavy atom. The molecule has 4 aliphatic rings. The van der Waals surface area contributed by atoms with Gasteiger partial charge in [-0.25, -0.2) is 0 Å². The Hall–Kier alpha value is -2.94. The van der Waals surface area contributed by atoms with Gasteiger partial charge in [0.1, 0.15) is 11.9 Å². The maximum Gasteiger partial charge on any atom is 0.132 e. The zero-order chi connectivity index (χ0) is 26.4. The number of fused-ring (bicyclic) bond motifs is 5. The van der Waals surface area contributed by atoms with Crippen molar-refractivity contribution in [2.24, 2.45) is 0 Å². The minimum Gasteiger partial charge on any atom is -0.485 e. The molecule has 3 nitrogen and oxygen atoms in total. The number of hydrogen-bond donors (Lipinski definition) is 1. The maximum atomic E-state index is 7.08. The monoisotopic (exact) mass is 520 g/mol. The van der Waals surface area contributed by atoms with Crippen LogP contribution in [0.15, 0.2) is 48.0 Å². The standard InChI is InChI=1S/C36H44N2O/c1-3-4-5-8-16-36(2)24-29-21-28-20-27-13-9-18-38-19-10-14-30(34(27)38)35(28)39-33(29)15-17-37-32-23-26-12-7-6-11-25(26)22-31(32)36/h6-7,11-12,20-23,33,37H,3-5,8-10,13-19,24H2,1-2H3. The predicted octanol–water partition coefficient (Wildman–Crippen LogP) is 8.82. The van der Waals surface area contributed by atoms with Gasteiger partial charge in [-0.05, 0) is 95.7 Å². The molecule has 0 saturated heterocycles. The first kappa shape index (κ1) is 25.1. The molecule has 0 fully saturated rings. The fourth-order valence-electron chi connectivity index (χ4n) is 7.96. The summed E-state index contributed by atoms with van der Waals surface area (Å²) in [5.74, 6) is 1.20. The van der Waals surface area contributed by atoms with Crippen molar-refractivity contribution >= 4 is 28.2 Å². The van der Waals surface area contributed by atoms with Gasteiger partial charge in [-0.15, -0.1) is 0 Å². The molecule has 3 heteroatoms. The van der Waals surface area contributed by atoms with Gasteiger partial charge in [0, 0.05) is 48.6 Å². The maximum absolute atomic E-state index is 7.08. The summed E-state index contributed by atoms with van der Waals surface area (Å²) in [6.07, 6.45) is 16.1. The third-order valence-electron chi connectivity index (χ3n) is 9.95. The molecule has 1 N–H and O–H groups in total. The molecular formula is C36H44N2O. The molecule has 3 aromatic rings. The Bertz CT molecular complexity index is 1420. The molecule has 3 aromatic carbocycles. The van der Waals surface area contributed by atoms with Crippen molar-refractivity contribution in [3.8, 4) is 5.75 Å². The molecule has 204 valence electrons. The van der Waals surface area contributed by atoms with Crippen LogP contribution in [-0.4, -0.2) is 25.7 Å². The molecule has 0 aliphatic carbocycles. The number of unbranched alkanes of at least 4 members (excludes halogenated alkanes) is 3. The van der Waals surface area contributed by atoms with Crippen molar-refractivity contribution in [1.82, 2.24) is 0 Å². The van der Waals surface area contributed by atoms with Crippen LogP contribution in [0.2, 0.25) is 0 Å². The average molecular weight is 521 g/mol. The molecule has 7 rings (SSSR count). The van der Waals surface area contributed by atoms with Crippen LogP contribution in [0.5, 0.6) is 5.75 Å². The zero-order valence-electron chi connectivity index (χ0n) is 24.0. The fraction of sp³-hybridized carbons (Fsp3) is 0.500. The molecule has 0 amide bonds. The van der Waals surface area contributed by atoms with E-state index in [4.69, 9.17) is 4.74 Å². The lowest BCUT2D eigenvalue weighted by atomic mass is 9.71. The van der Waals surface area contributed by atoms with Gasteiger partial charge in [0.05, 0.1) is 0 Å². The van der Waals surface area contributed by atoms with Crippen LogP contribution in [0.25, 0.3) is 16.8 Å². The largest absolute Gasteiger partial charge is 0.485 e. The van der Waals surface area contributed by atoms with Crippen LogP contribution in [0.4, 0.5) is 11.4 Å². The lowest BCUT2D eigenvalue weighted by Crippen LogP contribution is -2.36. The van der Waals surface area contributed by atoms with Crippen LogP contribution in [-0.2, 0) is 18.3 Å². The molecule has 39 heavy (non-hydrogen) atoms. The van der Waals surface area contributed by atoms with E-state index in [1.807, 2.05) is 0 Å². The molecule has 4 heterocycles. The quantitative estimate of drug-likeness (QED) is 0.340. The normalized spacial score (nSPS) is 23.6. The number of aryl methyl sites for hydroxylation is 1. The number of benzene rings is 3. The van der Waals surface area contributed by atoms with Crippen molar-refractivity contribution < 1.29 is 4.74 Å². The topological polar surface area (TPSA) is 24.5 Å². The zero-order valence-corrected chi connectivity index (χ0v) is 24.0. The van der Waals surface area contributed by atoms with Crippen molar-refractivity contribution in [2.45, 2.75) is 96.0 Å². The molecular weight excluding hydrogens is 476 g/mol. The molecule has 2 unspecified atom stereocenters. The molecule has 0 saturated carbocycles. The van der Waals surface area contributed by atoms with Crippen molar-refractivity contribution in [3.63, 3.8) is 0 Å². The second-order valence-corrected chi connectivity index (χ2v) is 12.8. The van der Waals surface area contributed by atoms with Gasteiger partial charge >= 0.3 is 0 Å². The summed E-state index contributed by atoms with van der Waals surface area (Å²) in [7, 11) is 0. The highest BCUT2D eigenvalue weighted by Crippen LogP contribution is 2.49. The van der Waals surface area contributed by atoms with Gasteiger partial charge in [-0.3, -0.25) is 0 Å². The van der Waals surface area contributed by atoms with Crippen LogP contribution in [0.1, 0.15) is 93.9 Å². The van der Waals surface area contributed by atoms with Gasteiger partial charge in [0.25, 0.3) is 0 Å². The summed E-state index contributed by atoms with van der Waals surface area (Å²) in [4.78, 5) is 2.64. The Morgan fingerprint density at radius 1 is 1.00 bits per heavy atom. The summed E-state index contributed by atoms with van der Waals surface area (Å²) in [5.41, 5.74) is 10.3. The summed E-state index contributed by atoms with van der Waals surface area (Å²) in [6, 6.07) is 16.2. The first-order chi connectivity index (χ1) is 19.1. The third-order valence-corrected chi connectivity index (χ3v) is 9.95. The predicted molar refractivity (Wildman–Crippen MR) is 165 cm³/mol. The van der Waals surface area contributed by atoms with E-state index >= 15 is 0 Å². The first-order valence-corrected chi connectivity index (χ1v) is 15.7. The SMILES string of the molecule is CCCCCCC1(C)CC2=Cc3cc4c5c(c3OC2CCNc2cc3ccccc3cc21)CCCN5CCC4. The molecule has 0 spiro atoms. The first-order valence-electron chi connectivity index (χ1n) is 15.7. The minimum absolute atomic E-state index is 0.0642. The lowest BCUT2D eigenvalue weighted by Gasteiger charge is -2.40. The second-order valence-electron chi connectivity index (χ2n) is 12.8. The number of rotatable bonds is 5. The Morgan fingerprint density at radius 2 is 1.82 bits per heavy atom. The number of hydrogen-bond acceptors (Lipinski definition) is 3. The molecule has 0 aromatic heterocycles. The summed E-state index contributed by atoms with van der Waals surface area (Å²) in [5, 5.41) is 6.57. The second kappa shape index (κ2) is 10.2. The van der Waals surface area contributed by atoms with Crippen LogP contribution < -0.4 is 15.0 Å². The Labute approximate surface area is 234 Å². The highest BCUT2D eigenvalue weighted by atomic mass is 16.5. The smallest absolute Gasteiger partial charge is 0.132 e. The molecule has 0 radical (unpaired) electrons. The van der Waals surface area contributed by atoms with Crippen molar-refractivity contribution in [1.29, 1.82) is 0 Å². The summed E-state index contributed by atoms with van der Waals surface area (Å²) in [6.45, 7) is 8.18. The van der Waals surface area contributed by atoms with E-state index in [9.17, 15) is 0 Å². The number of nitrogens with one attached hydrogen (secondary N) is 1. The molecule has 0 bridgehead atoms. The number of anilines is 2. The van der Waals surface area contributed by atoms with Crippen molar-refractivity contribution in [3.05, 3.63) is 70.3 Å². The number of nitrogens with zero attached hydrogens (tertiary/aromatic N) is 1. The van der Waals surface area contributed by atoms with E-state index < -0.39 is 0 Å². The summed E-state index contributed by atoms with van der Waals surface area (Å²) < 4.78 is 7.08. The Balaban J connectivity index is 1.32. The van der Waals surface area contributed by atoms with Crippen LogP contribution in [0.3, 0.4) is 0 Å². The van der Waals surface area contributed by atoms with Crippen molar-refractivity contribution in [2.75, 3.05) is 29.9 Å². The van der Waals surface area contributed by atoms with Gasteiger partial charge < -0.3 is 15.0 Å². The fourth-order valence-corrected chi connectivity index (χ4v) is 7.96. The highest BCUT2D eigenvalue weighted by Gasteiger charge is 2.37. The van der Waals surface area contributed by atoms with Gasteiger partial charge in [0.2, 0.25) is 0 Å². The number of ether oxygens (including phenoxy) is 1.